The summed E-state index contributed by atoms with van der Waals surface area (Å²) in [6, 6.07) is 2.24. The van der Waals surface area contributed by atoms with E-state index in [9.17, 15) is 0 Å². The molecule has 1 rings (SSSR count). The van der Waals surface area contributed by atoms with E-state index in [0.29, 0.717) is 0 Å². The van der Waals surface area contributed by atoms with Gasteiger partial charge in [0.1, 0.15) is 8.96 Å². The quantitative estimate of drug-likeness (QED) is 0.401. The molecule has 1 aromatic carbocycles. The summed E-state index contributed by atoms with van der Waals surface area (Å²) in [4.78, 5) is 0. The summed E-state index contributed by atoms with van der Waals surface area (Å²) >= 11 is 0. The van der Waals surface area contributed by atoms with Crippen molar-refractivity contribution in [1.82, 2.24) is 4.57 Å². The van der Waals surface area contributed by atoms with Gasteiger partial charge in [0, 0.05) is 0 Å². The predicted molar refractivity (Wildman–Crippen MR) is 72.2 cm³/mol. The van der Waals surface area contributed by atoms with Crippen LogP contribution in [0, 0.1) is 27.7 Å². The summed E-state index contributed by atoms with van der Waals surface area (Å²) in [6.45, 7) is 13.2. The second kappa shape index (κ2) is 12.8. The maximum absolute atomic E-state index is 2.27. The first-order chi connectivity index (χ1) is 6.77. The van der Waals surface area contributed by atoms with Gasteiger partial charge >= 0.3 is 21.7 Å². The molecule has 5 heteroatoms. The Balaban J connectivity index is -0.0000000992. The summed E-state index contributed by atoms with van der Waals surface area (Å²) in [6.07, 6.45) is 0. The first-order valence-corrected chi connectivity index (χ1v) is 7.89. The van der Waals surface area contributed by atoms with E-state index in [-0.39, 0.29) is 55.5 Å². The van der Waals surface area contributed by atoms with E-state index < -0.39 is 0 Å². The Labute approximate surface area is 142 Å². The number of hydrogen-bond donors (Lipinski definition) is 0. The van der Waals surface area contributed by atoms with Crippen LogP contribution >= 0.6 is 0 Å². The number of hydrogen-bond acceptors (Lipinski definition) is 1. The van der Waals surface area contributed by atoms with Crippen molar-refractivity contribution in [3.63, 3.8) is 0 Å². The zero-order valence-electron chi connectivity index (χ0n) is 12.8. The van der Waals surface area contributed by atoms with Gasteiger partial charge in [-0.1, -0.05) is 40.8 Å². The van der Waals surface area contributed by atoms with Crippen LogP contribution in [0.5, 0.6) is 0 Å². The van der Waals surface area contributed by atoms with Crippen molar-refractivity contribution >= 4 is 8.96 Å². The van der Waals surface area contributed by atoms with E-state index in [0.717, 1.165) is 0 Å². The van der Waals surface area contributed by atoms with Gasteiger partial charge in [0.25, 0.3) is 0 Å². The largest absolute Gasteiger partial charge is 3.00 e. The van der Waals surface area contributed by atoms with E-state index in [4.69, 9.17) is 0 Å². The van der Waals surface area contributed by atoms with Gasteiger partial charge in [0.15, 0.2) is 0 Å². The Morgan fingerprint density at radius 2 is 1.06 bits per heavy atom. The minimum Gasteiger partial charge on any atom is -1.00 e. The summed E-state index contributed by atoms with van der Waals surface area (Å²) < 4.78 is 2.27. The van der Waals surface area contributed by atoms with Crippen molar-refractivity contribution in [3.8, 4) is 0 Å². The summed E-state index contributed by atoms with van der Waals surface area (Å²) in [5.74, 6) is 0. The molecule has 2 radical (unpaired) electrons. The fourth-order valence-corrected chi connectivity index (χ4v) is 1.13. The van der Waals surface area contributed by atoms with Crippen LogP contribution in [0.1, 0.15) is 22.3 Å². The molecule has 104 valence electrons. The average Bonchev–Trinajstić information content (AvgIpc) is 2.34. The fraction of sp³-hybridized carbons (Fsp3) is 0.615. The van der Waals surface area contributed by atoms with E-state index in [1.165, 1.54) is 22.3 Å². The summed E-state index contributed by atoms with van der Waals surface area (Å²) in [5, 5.41) is 0. The summed E-state index contributed by atoms with van der Waals surface area (Å²) in [7, 11) is 4.12. The molecule has 18 heavy (non-hydrogen) atoms. The fourth-order valence-electron chi connectivity index (χ4n) is 1.13. The van der Waals surface area contributed by atoms with Gasteiger partial charge in [0.05, 0.1) is 0 Å². The molecule has 0 aromatic heterocycles. The molecule has 0 aliphatic carbocycles. The van der Waals surface area contributed by atoms with E-state index >= 15 is 0 Å². The zero-order valence-corrected chi connectivity index (χ0v) is 16.9. The third-order valence-electron chi connectivity index (χ3n) is 3.07. The Morgan fingerprint density at radius 3 is 1.11 bits per heavy atom. The van der Waals surface area contributed by atoms with Gasteiger partial charge in [0.2, 0.25) is 0 Å². The van der Waals surface area contributed by atoms with Crippen molar-refractivity contribution in [2.45, 2.75) is 40.8 Å². The second-order valence-corrected chi connectivity index (χ2v) is 7.39. The van der Waals surface area contributed by atoms with Gasteiger partial charge in [-0.3, -0.25) is 0 Å². The molecule has 0 saturated heterocycles. The topological polar surface area (TPSA) is 3.24 Å². The molecular formula is C13H25Cl2NSiTi. The van der Waals surface area contributed by atoms with Gasteiger partial charge in [-0.25, -0.2) is 0 Å². The SMILES string of the molecule is CN(C)[Si](C)C.Cc1[cH-]c(C)c(C)c1C.[Cl-].[Cl-].[Ti+3]. The number of aryl methyl sites for hydroxylation is 2. The molecule has 1 aromatic rings. The molecule has 1 nitrogen and oxygen atoms in total. The van der Waals surface area contributed by atoms with Gasteiger partial charge in [-0.05, 0) is 14.1 Å². The van der Waals surface area contributed by atoms with E-state index in [2.05, 4.69) is 65.5 Å². The van der Waals surface area contributed by atoms with Crippen molar-refractivity contribution < 1.29 is 46.5 Å². The minimum absolute atomic E-state index is 0. The molecule has 0 heterocycles. The number of rotatable bonds is 1. The third kappa shape index (κ3) is 9.71. The van der Waals surface area contributed by atoms with Crippen LogP contribution in [0.15, 0.2) is 6.07 Å². The van der Waals surface area contributed by atoms with Crippen LogP contribution in [0.4, 0.5) is 0 Å². The molecule has 0 aliphatic rings. The molecule has 0 amide bonds. The third-order valence-corrected chi connectivity index (χ3v) is 4.86. The molecule has 0 atom stereocenters. The number of nitrogens with zero attached hydrogens (tertiary/aromatic N) is 1. The molecule has 0 fully saturated rings. The van der Waals surface area contributed by atoms with Crippen LogP contribution in [-0.4, -0.2) is 27.6 Å². The normalized spacial score (nSPS) is 8.78. The van der Waals surface area contributed by atoms with Crippen LogP contribution in [-0.2, 0) is 21.7 Å². The number of halogens is 2. The van der Waals surface area contributed by atoms with E-state index in [1.807, 2.05) is 0 Å². The predicted octanol–water partition coefficient (Wildman–Crippen LogP) is -2.56. The van der Waals surface area contributed by atoms with Gasteiger partial charge in [-0.2, -0.15) is 28.3 Å². The standard InChI is InChI=1S/C9H13.C4H12NSi.2ClH.Ti/c1-6-5-7(2)9(4)8(6)3;1-5(2)6(3)4;;;/h5H,1-4H3;1-4H3;2*1H;/q-1;;;;+3/p-2. The van der Waals surface area contributed by atoms with Crippen molar-refractivity contribution in [2.24, 2.45) is 0 Å². The van der Waals surface area contributed by atoms with Crippen LogP contribution < -0.4 is 24.8 Å². The molecule has 0 spiro atoms. The molecule has 0 aliphatic heterocycles. The second-order valence-electron chi connectivity index (χ2n) is 4.60. The van der Waals surface area contributed by atoms with Crippen LogP contribution in [0.25, 0.3) is 0 Å². The van der Waals surface area contributed by atoms with Gasteiger partial charge < -0.3 is 29.4 Å². The van der Waals surface area contributed by atoms with Crippen molar-refractivity contribution in [3.05, 3.63) is 28.3 Å². The molecule has 0 unspecified atom stereocenters. The van der Waals surface area contributed by atoms with E-state index in [1.54, 1.807) is 0 Å². The molecule has 0 saturated carbocycles. The first-order valence-electron chi connectivity index (χ1n) is 5.45. The maximum Gasteiger partial charge on any atom is 3.00 e. The zero-order chi connectivity index (χ0) is 12.2. The molecule has 0 N–H and O–H groups in total. The summed E-state index contributed by atoms with van der Waals surface area (Å²) in [5.41, 5.74) is 5.75. The van der Waals surface area contributed by atoms with Crippen molar-refractivity contribution in [2.75, 3.05) is 14.1 Å². The minimum atomic E-state index is -0.118. The average molecular weight is 342 g/mol. The smallest absolute Gasteiger partial charge is 1.00 e. The monoisotopic (exact) mass is 341 g/mol. The van der Waals surface area contributed by atoms with Gasteiger partial charge in [-0.15, -0.1) is 0 Å². The Morgan fingerprint density at radius 1 is 0.833 bits per heavy atom. The molecule has 0 bridgehead atoms. The molecular weight excluding hydrogens is 317 g/mol. The Bertz CT molecular complexity index is 284. The van der Waals surface area contributed by atoms with Crippen molar-refractivity contribution in [1.29, 1.82) is 0 Å². The Hall–Kier alpha value is 0.821. The van der Waals surface area contributed by atoms with Crippen LogP contribution in [0.3, 0.4) is 0 Å². The van der Waals surface area contributed by atoms with Crippen LogP contribution in [0.2, 0.25) is 13.1 Å². The maximum atomic E-state index is 2.27. The first kappa shape index (κ1) is 27.2. The Kier molecular flexibility index (Phi) is 19.4.